The van der Waals surface area contributed by atoms with Gasteiger partial charge in [-0.25, -0.2) is 0 Å². The molecular formula is C16H14ClN3O3S2. The summed E-state index contributed by atoms with van der Waals surface area (Å²) in [4.78, 5) is 24.3. The molecule has 6 nitrogen and oxygen atoms in total. The molecule has 2 aromatic rings. The third-order valence-electron chi connectivity index (χ3n) is 2.68. The predicted octanol–water partition coefficient (Wildman–Crippen LogP) is 2.52. The number of hydrogen-bond acceptors (Lipinski definition) is 5. The summed E-state index contributed by atoms with van der Waals surface area (Å²) in [6.07, 6.45) is 3.02. The molecule has 2 rings (SSSR count). The smallest absolute Gasteiger partial charge is 0.276 e. The van der Waals surface area contributed by atoms with Crippen LogP contribution in [0.15, 0.2) is 47.9 Å². The van der Waals surface area contributed by atoms with Gasteiger partial charge in [0.05, 0.1) is 0 Å². The van der Waals surface area contributed by atoms with Crippen molar-refractivity contribution in [3.63, 3.8) is 0 Å². The Balaban J connectivity index is 1.65. The van der Waals surface area contributed by atoms with Crippen molar-refractivity contribution in [3.8, 4) is 5.75 Å². The minimum atomic E-state index is -0.458. The van der Waals surface area contributed by atoms with Gasteiger partial charge in [-0.15, -0.1) is 11.3 Å². The van der Waals surface area contributed by atoms with Crippen molar-refractivity contribution in [1.29, 1.82) is 0 Å². The monoisotopic (exact) mass is 395 g/mol. The maximum Gasteiger partial charge on any atom is 0.276 e. The predicted molar refractivity (Wildman–Crippen MR) is 102 cm³/mol. The Morgan fingerprint density at radius 1 is 1.20 bits per heavy atom. The van der Waals surface area contributed by atoms with Gasteiger partial charge in [-0.1, -0.05) is 17.7 Å². The van der Waals surface area contributed by atoms with Gasteiger partial charge in [0.1, 0.15) is 5.75 Å². The van der Waals surface area contributed by atoms with Crippen LogP contribution < -0.4 is 20.9 Å². The second kappa shape index (κ2) is 9.77. The van der Waals surface area contributed by atoms with Gasteiger partial charge >= 0.3 is 0 Å². The van der Waals surface area contributed by atoms with E-state index in [2.05, 4.69) is 16.2 Å². The van der Waals surface area contributed by atoms with Crippen LogP contribution in [0.5, 0.6) is 5.75 Å². The highest BCUT2D eigenvalue weighted by Gasteiger charge is 2.05. The average Bonchev–Trinajstić information content (AvgIpc) is 3.11. The number of ether oxygens (including phenoxy) is 1. The van der Waals surface area contributed by atoms with Crippen LogP contribution in [0.2, 0.25) is 5.02 Å². The molecule has 0 aliphatic carbocycles. The Morgan fingerprint density at radius 3 is 2.64 bits per heavy atom. The van der Waals surface area contributed by atoms with Crippen molar-refractivity contribution in [3.05, 3.63) is 57.8 Å². The first-order valence-electron chi connectivity index (χ1n) is 7.02. The number of carbonyl (C=O) groups excluding carboxylic acids is 2. The van der Waals surface area contributed by atoms with Gasteiger partial charge < -0.3 is 4.74 Å². The van der Waals surface area contributed by atoms with E-state index in [1.54, 1.807) is 30.3 Å². The summed E-state index contributed by atoms with van der Waals surface area (Å²) in [5.41, 5.74) is 4.74. The van der Waals surface area contributed by atoms with Gasteiger partial charge in [0.25, 0.3) is 5.91 Å². The molecule has 0 saturated carbocycles. The summed E-state index contributed by atoms with van der Waals surface area (Å²) < 4.78 is 5.26. The molecular weight excluding hydrogens is 382 g/mol. The summed E-state index contributed by atoms with van der Waals surface area (Å²) in [5, 5.41) is 4.86. The zero-order chi connectivity index (χ0) is 18.1. The van der Waals surface area contributed by atoms with Gasteiger partial charge in [-0.2, -0.15) is 0 Å². The molecule has 2 amide bonds. The van der Waals surface area contributed by atoms with E-state index in [4.69, 9.17) is 28.6 Å². The zero-order valence-corrected chi connectivity index (χ0v) is 15.2. The fourth-order valence-electron chi connectivity index (χ4n) is 1.57. The highest BCUT2D eigenvalue weighted by Crippen LogP contribution is 2.15. The molecule has 0 atom stereocenters. The average molecular weight is 396 g/mol. The fourth-order valence-corrected chi connectivity index (χ4v) is 2.47. The molecule has 0 spiro atoms. The molecule has 9 heteroatoms. The second-order valence-electron chi connectivity index (χ2n) is 4.58. The maximum absolute atomic E-state index is 11.7. The van der Waals surface area contributed by atoms with Crippen molar-refractivity contribution < 1.29 is 14.3 Å². The Morgan fingerprint density at radius 2 is 1.96 bits per heavy atom. The van der Waals surface area contributed by atoms with E-state index in [-0.39, 0.29) is 11.7 Å². The number of thiophene rings is 1. The topological polar surface area (TPSA) is 79.5 Å². The summed E-state index contributed by atoms with van der Waals surface area (Å²) in [6.45, 7) is -0.219. The van der Waals surface area contributed by atoms with Crippen LogP contribution >= 0.6 is 35.2 Å². The van der Waals surface area contributed by atoms with Crippen LogP contribution in [0, 0.1) is 0 Å². The Labute approximate surface area is 158 Å². The van der Waals surface area contributed by atoms with Crippen LogP contribution in [-0.4, -0.2) is 23.5 Å². The SMILES string of the molecule is O=C(/C=C/c1cccs1)NC(=S)NNC(=O)COc1ccc(Cl)cc1. The lowest BCUT2D eigenvalue weighted by molar-refractivity contribution is -0.123. The van der Waals surface area contributed by atoms with E-state index in [9.17, 15) is 9.59 Å². The molecule has 0 radical (unpaired) electrons. The Hall–Kier alpha value is -2.42. The first kappa shape index (κ1) is 18.9. The lowest BCUT2D eigenvalue weighted by atomic mass is 10.3. The molecule has 130 valence electrons. The summed E-state index contributed by atoms with van der Waals surface area (Å²) in [6, 6.07) is 10.4. The van der Waals surface area contributed by atoms with Gasteiger partial charge in [-0.3, -0.25) is 25.8 Å². The van der Waals surface area contributed by atoms with E-state index in [0.29, 0.717) is 10.8 Å². The van der Waals surface area contributed by atoms with E-state index >= 15 is 0 Å². The lowest BCUT2D eigenvalue weighted by Crippen LogP contribution is -2.49. The molecule has 0 fully saturated rings. The first-order chi connectivity index (χ1) is 12.0. The number of halogens is 1. The van der Waals surface area contributed by atoms with Gasteiger partial charge in [-0.05, 0) is 54.0 Å². The Bertz CT molecular complexity index is 761. The maximum atomic E-state index is 11.7. The van der Waals surface area contributed by atoms with Crippen LogP contribution in [0.1, 0.15) is 4.88 Å². The molecule has 0 saturated heterocycles. The minimum absolute atomic E-state index is 0.0272. The summed E-state index contributed by atoms with van der Waals surface area (Å²) in [7, 11) is 0. The first-order valence-corrected chi connectivity index (χ1v) is 8.69. The molecule has 1 aromatic heterocycles. The number of amides is 2. The molecule has 0 unspecified atom stereocenters. The number of rotatable bonds is 5. The van der Waals surface area contributed by atoms with Crippen LogP contribution in [0.25, 0.3) is 6.08 Å². The number of carbonyl (C=O) groups is 2. The molecule has 25 heavy (non-hydrogen) atoms. The highest BCUT2D eigenvalue weighted by atomic mass is 35.5. The van der Waals surface area contributed by atoms with Crippen molar-refractivity contribution >= 4 is 58.2 Å². The van der Waals surface area contributed by atoms with Crippen molar-refractivity contribution in [2.45, 2.75) is 0 Å². The summed E-state index contributed by atoms with van der Waals surface area (Å²) >= 11 is 12.2. The van der Waals surface area contributed by atoms with Crippen LogP contribution in [0.3, 0.4) is 0 Å². The zero-order valence-electron chi connectivity index (χ0n) is 12.8. The number of thiocarbonyl (C=S) groups is 1. The number of benzene rings is 1. The van der Waals surface area contributed by atoms with E-state index < -0.39 is 11.8 Å². The fraction of sp³-hybridized carbons (Fsp3) is 0.0625. The summed E-state index contributed by atoms with van der Waals surface area (Å²) in [5.74, 6) is -0.354. The normalized spacial score (nSPS) is 10.3. The quantitative estimate of drug-likeness (QED) is 0.412. The van der Waals surface area contributed by atoms with Crippen molar-refractivity contribution in [2.75, 3.05) is 6.61 Å². The standard InChI is InChI=1S/C16H14ClN3O3S2/c17-11-3-5-12(6-4-11)23-10-15(22)19-20-16(24)18-14(21)8-7-13-2-1-9-25-13/h1-9H,10H2,(H,19,22)(H2,18,20,21,24)/b8-7+. The van der Waals surface area contributed by atoms with E-state index in [0.717, 1.165) is 4.88 Å². The van der Waals surface area contributed by atoms with Gasteiger partial charge in [0, 0.05) is 16.0 Å². The molecule has 0 aliphatic heterocycles. The highest BCUT2D eigenvalue weighted by molar-refractivity contribution is 7.80. The molecule has 0 bridgehead atoms. The molecule has 1 heterocycles. The number of hydrazine groups is 1. The Kier molecular flexibility index (Phi) is 7.39. The van der Waals surface area contributed by atoms with Gasteiger partial charge in [0.15, 0.2) is 11.7 Å². The molecule has 0 aliphatic rings. The van der Waals surface area contributed by atoms with Crippen LogP contribution in [-0.2, 0) is 9.59 Å². The third kappa shape index (κ3) is 7.34. The molecule has 3 N–H and O–H groups in total. The largest absolute Gasteiger partial charge is 0.484 e. The van der Waals surface area contributed by atoms with E-state index in [1.165, 1.54) is 17.4 Å². The third-order valence-corrected chi connectivity index (χ3v) is 3.97. The van der Waals surface area contributed by atoms with Crippen molar-refractivity contribution in [2.24, 2.45) is 0 Å². The minimum Gasteiger partial charge on any atom is -0.484 e. The van der Waals surface area contributed by atoms with Crippen molar-refractivity contribution in [1.82, 2.24) is 16.2 Å². The van der Waals surface area contributed by atoms with E-state index in [1.807, 2.05) is 17.5 Å². The number of nitrogens with one attached hydrogen (secondary N) is 3. The second-order valence-corrected chi connectivity index (χ2v) is 6.41. The lowest BCUT2D eigenvalue weighted by Gasteiger charge is -2.10. The van der Waals surface area contributed by atoms with Crippen LogP contribution in [0.4, 0.5) is 0 Å². The molecule has 1 aromatic carbocycles. The number of hydrogen-bond donors (Lipinski definition) is 3. The van der Waals surface area contributed by atoms with Gasteiger partial charge in [0.2, 0.25) is 5.91 Å².